The molecule has 0 unspecified atom stereocenters. The number of hydrogen-bond acceptors (Lipinski definition) is 5. The number of carbonyl (C=O) groups excluding carboxylic acids is 1. The zero-order valence-corrected chi connectivity index (χ0v) is 18.7. The second kappa shape index (κ2) is 10.0. The Morgan fingerprint density at radius 3 is 2.72 bits per heavy atom. The highest BCUT2D eigenvalue weighted by Gasteiger charge is 2.47. The van der Waals surface area contributed by atoms with Crippen LogP contribution in [0.5, 0.6) is 0 Å². The highest BCUT2D eigenvalue weighted by molar-refractivity contribution is 6.30. The summed E-state index contributed by atoms with van der Waals surface area (Å²) < 4.78 is 32.0. The number of aromatic nitrogens is 1. The lowest BCUT2D eigenvalue weighted by atomic mass is 9.87. The van der Waals surface area contributed by atoms with Crippen molar-refractivity contribution < 1.29 is 23.4 Å². The lowest BCUT2D eigenvalue weighted by molar-refractivity contribution is -0.194. The molecule has 0 atom stereocenters. The fraction of sp³-hybridized carbons (Fsp3) is 0.375. The van der Waals surface area contributed by atoms with Crippen molar-refractivity contribution in [1.29, 1.82) is 0 Å². The number of halogens is 2. The Morgan fingerprint density at radius 1 is 1.25 bits per heavy atom. The van der Waals surface area contributed by atoms with Crippen LogP contribution in [0.3, 0.4) is 0 Å². The largest absolute Gasteiger partial charge is 0.468 e. The van der Waals surface area contributed by atoms with Gasteiger partial charge in [-0.25, -0.2) is 4.39 Å². The van der Waals surface area contributed by atoms with Gasteiger partial charge in [-0.1, -0.05) is 23.7 Å². The summed E-state index contributed by atoms with van der Waals surface area (Å²) in [6.45, 7) is 3.04. The Bertz CT molecular complexity index is 1080. The van der Waals surface area contributed by atoms with E-state index in [4.69, 9.17) is 25.8 Å². The van der Waals surface area contributed by atoms with Gasteiger partial charge in [0.15, 0.2) is 0 Å². The van der Waals surface area contributed by atoms with Crippen molar-refractivity contribution in [1.82, 2.24) is 9.88 Å². The summed E-state index contributed by atoms with van der Waals surface area (Å²) in [6, 6.07) is 12.8. The topological polar surface area (TPSA) is 61.7 Å². The maximum absolute atomic E-state index is 14.3. The van der Waals surface area contributed by atoms with E-state index in [2.05, 4.69) is 5.32 Å². The van der Waals surface area contributed by atoms with Crippen molar-refractivity contribution in [3.63, 3.8) is 0 Å². The van der Waals surface area contributed by atoms with E-state index < -0.39 is 5.41 Å². The number of nitrogens with one attached hydrogen (secondary N) is 1. The lowest BCUT2D eigenvalue weighted by Crippen LogP contribution is -2.53. The van der Waals surface area contributed by atoms with Crippen LogP contribution in [0.15, 0.2) is 48.7 Å². The molecule has 1 N–H and O–H groups in total. The number of esters is 1. The van der Waals surface area contributed by atoms with Crippen LogP contribution in [0.25, 0.3) is 10.9 Å². The van der Waals surface area contributed by atoms with Crippen LogP contribution in [0.1, 0.15) is 11.1 Å². The molecule has 0 spiro atoms. The average Bonchev–Trinajstić information content (AvgIpc) is 3.15. The van der Waals surface area contributed by atoms with Crippen molar-refractivity contribution in [2.45, 2.75) is 13.1 Å². The van der Waals surface area contributed by atoms with Crippen molar-refractivity contribution in [3.8, 4) is 0 Å². The molecule has 1 saturated heterocycles. The van der Waals surface area contributed by atoms with E-state index >= 15 is 0 Å². The Hall–Kier alpha value is -2.45. The molecule has 0 bridgehead atoms. The maximum Gasteiger partial charge on any atom is 0.318 e. The van der Waals surface area contributed by atoms with Gasteiger partial charge < -0.3 is 24.1 Å². The Kier molecular flexibility index (Phi) is 7.10. The van der Waals surface area contributed by atoms with Crippen LogP contribution < -0.4 is 5.32 Å². The van der Waals surface area contributed by atoms with Crippen molar-refractivity contribution in [3.05, 3.63) is 70.6 Å². The molecule has 6 nitrogen and oxygen atoms in total. The molecule has 2 aromatic carbocycles. The summed E-state index contributed by atoms with van der Waals surface area (Å²) in [5, 5.41) is 4.98. The average molecular weight is 461 g/mol. The fourth-order valence-electron chi connectivity index (χ4n) is 3.86. The molecule has 1 fully saturated rings. The van der Waals surface area contributed by atoms with E-state index in [1.807, 2.05) is 41.1 Å². The number of benzene rings is 2. The lowest BCUT2D eigenvalue weighted by Gasteiger charge is -2.37. The van der Waals surface area contributed by atoms with Gasteiger partial charge in [0.05, 0.1) is 39.1 Å². The third-order valence-electron chi connectivity index (χ3n) is 5.70. The maximum atomic E-state index is 14.3. The SMILES string of the molecule is COC(=O)C1(COCCNCc2cc(F)cc3c2ccn3Cc2ccc(Cl)cc2)COC1. The van der Waals surface area contributed by atoms with Crippen LogP contribution in [-0.2, 0) is 32.1 Å². The quantitative estimate of drug-likeness (QED) is 0.368. The number of rotatable bonds is 10. The van der Waals surface area contributed by atoms with Gasteiger partial charge in [0.25, 0.3) is 0 Å². The van der Waals surface area contributed by atoms with Crippen molar-refractivity contribution in [2.24, 2.45) is 5.41 Å². The highest BCUT2D eigenvalue weighted by Crippen LogP contribution is 2.29. The van der Waals surface area contributed by atoms with Crippen LogP contribution in [0.2, 0.25) is 5.02 Å². The van der Waals surface area contributed by atoms with E-state index in [0.29, 0.717) is 44.5 Å². The second-order valence-corrected chi connectivity index (χ2v) is 8.50. The minimum absolute atomic E-state index is 0.263. The molecule has 170 valence electrons. The molecule has 4 rings (SSSR count). The number of hydrogen-bond donors (Lipinski definition) is 1. The molecule has 0 amide bonds. The smallest absolute Gasteiger partial charge is 0.318 e. The predicted molar refractivity (Wildman–Crippen MR) is 120 cm³/mol. The summed E-state index contributed by atoms with van der Waals surface area (Å²) in [5.41, 5.74) is 2.14. The number of nitrogens with zero attached hydrogens (tertiary/aromatic N) is 1. The standard InChI is InChI=1S/C24H26ClFN2O4/c1-30-23(29)24(15-32-16-24)14-31-9-7-27-12-18-10-20(26)11-22-21(18)6-8-28(22)13-17-2-4-19(25)5-3-17/h2-6,8,10-11,27H,7,9,12-16H2,1H3. The van der Waals surface area contributed by atoms with E-state index in [9.17, 15) is 9.18 Å². The molecular weight excluding hydrogens is 435 g/mol. The van der Waals surface area contributed by atoms with Crippen LogP contribution in [0, 0.1) is 11.2 Å². The summed E-state index contributed by atoms with van der Waals surface area (Å²) in [7, 11) is 1.37. The number of methoxy groups -OCH3 is 1. The van der Waals surface area contributed by atoms with Crippen molar-refractivity contribution in [2.75, 3.05) is 40.1 Å². The molecule has 0 radical (unpaired) electrons. The van der Waals surface area contributed by atoms with Gasteiger partial charge >= 0.3 is 5.97 Å². The van der Waals surface area contributed by atoms with Crippen molar-refractivity contribution >= 4 is 28.5 Å². The molecule has 0 aliphatic carbocycles. The first kappa shape index (κ1) is 22.7. The van der Waals surface area contributed by atoms with Gasteiger partial charge in [0.2, 0.25) is 0 Å². The minimum Gasteiger partial charge on any atom is -0.468 e. The Balaban J connectivity index is 1.33. The summed E-state index contributed by atoms with van der Waals surface area (Å²) in [6.07, 6.45) is 1.97. The first-order valence-electron chi connectivity index (χ1n) is 10.5. The van der Waals surface area contributed by atoms with Gasteiger partial charge in [0.1, 0.15) is 11.2 Å². The molecule has 1 aromatic heterocycles. The third-order valence-corrected chi connectivity index (χ3v) is 5.95. The normalized spacial score (nSPS) is 15.0. The molecule has 2 heterocycles. The van der Waals surface area contributed by atoms with Gasteiger partial charge in [-0.05, 0) is 41.5 Å². The third kappa shape index (κ3) is 4.96. The second-order valence-electron chi connectivity index (χ2n) is 8.06. The molecule has 1 aliphatic rings. The van der Waals surface area contributed by atoms with Gasteiger partial charge in [-0.15, -0.1) is 0 Å². The Morgan fingerprint density at radius 2 is 2.03 bits per heavy atom. The zero-order valence-electron chi connectivity index (χ0n) is 17.9. The first-order chi connectivity index (χ1) is 15.5. The summed E-state index contributed by atoms with van der Waals surface area (Å²) in [5.74, 6) is -0.575. The monoisotopic (exact) mass is 460 g/mol. The van der Waals surface area contributed by atoms with Gasteiger partial charge in [-0.3, -0.25) is 4.79 Å². The van der Waals surface area contributed by atoms with Crippen LogP contribution in [-0.4, -0.2) is 50.6 Å². The van der Waals surface area contributed by atoms with E-state index in [1.165, 1.54) is 7.11 Å². The number of carbonyl (C=O) groups is 1. The minimum atomic E-state index is -0.684. The molecular formula is C24H26ClFN2O4. The van der Waals surface area contributed by atoms with Gasteiger partial charge in [-0.2, -0.15) is 0 Å². The molecule has 3 aromatic rings. The fourth-order valence-corrected chi connectivity index (χ4v) is 3.99. The predicted octanol–water partition coefficient (Wildman–Crippen LogP) is 3.78. The van der Waals surface area contributed by atoms with Crippen LogP contribution in [0.4, 0.5) is 4.39 Å². The van der Waals surface area contributed by atoms with E-state index in [0.717, 1.165) is 22.0 Å². The zero-order chi connectivity index (χ0) is 22.6. The first-order valence-corrected chi connectivity index (χ1v) is 10.8. The van der Waals surface area contributed by atoms with Crippen LogP contribution >= 0.6 is 11.6 Å². The summed E-state index contributed by atoms with van der Waals surface area (Å²) >= 11 is 5.97. The molecule has 0 saturated carbocycles. The Labute approximate surface area is 191 Å². The molecule has 32 heavy (non-hydrogen) atoms. The van der Waals surface area contributed by atoms with Gasteiger partial charge in [0, 0.05) is 36.2 Å². The highest BCUT2D eigenvalue weighted by atomic mass is 35.5. The molecule has 8 heteroatoms. The number of fused-ring (bicyclic) bond motifs is 1. The van der Waals surface area contributed by atoms with E-state index in [1.54, 1.807) is 12.1 Å². The van der Waals surface area contributed by atoms with E-state index in [-0.39, 0.29) is 18.4 Å². The number of ether oxygens (including phenoxy) is 3. The molecule has 1 aliphatic heterocycles. The summed E-state index contributed by atoms with van der Waals surface area (Å²) in [4.78, 5) is 11.9.